The molecule has 0 radical (unpaired) electrons. The van der Waals surface area contributed by atoms with Crippen molar-refractivity contribution in [1.29, 1.82) is 0 Å². The van der Waals surface area contributed by atoms with Crippen LogP contribution in [-0.2, 0) is 13.1 Å². The van der Waals surface area contributed by atoms with Crippen molar-refractivity contribution >= 4 is 0 Å². The van der Waals surface area contributed by atoms with Gasteiger partial charge in [0, 0.05) is 61.6 Å². The van der Waals surface area contributed by atoms with Crippen LogP contribution in [0.3, 0.4) is 0 Å². The third-order valence-corrected chi connectivity index (χ3v) is 4.99. The Bertz CT molecular complexity index is 1050. The molecular weight excluding hydrogens is 384 g/mol. The number of hydrogen-bond donors (Lipinski definition) is 2. The highest BCUT2D eigenvalue weighted by Crippen LogP contribution is 2.15. The van der Waals surface area contributed by atoms with Crippen LogP contribution in [0.1, 0.15) is 18.1 Å². The zero-order valence-corrected chi connectivity index (χ0v) is 17.6. The molecule has 2 heterocycles. The van der Waals surface area contributed by atoms with Gasteiger partial charge in [-0.05, 0) is 30.2 Å². The van der Waals surface area contributed by atoms with E-state index >= 15 is 0 Å². The normalized spacial score (nSPS) is 11.9. The minimum atomic E-state index is 0.356. The first-order valence-corrected chi connectivity index (χ1v) is 10.4. The molecule has 0 saturated carbocycles. The van der Waals surface area contributed by atoms with Gasteiger partial charge in [-0.15, -0.1) is 0 Å². The van der Waals surface area contributed by atoms with Crippen LogP contribution in [0.5, 0.6) is 0 Å². The maximum atomic E-state index is 4.29. The lowest BCUT2D eigenvalue weighted by molar-refractivity contribution is 0.501. The van der Waals surface area contributed by atoms with Crippen molar-refractivity contribution in [3.8, 4) is 22.8 Å². The van der Waals surface area contributed by atoms with Gasteiger partial charge in [0.25, 0.3) is 0 Å². The summed E-state index contributed by atoms with van der Waals surface area (Å²) in [4.78, 5) is 17.2. The lowest BCUT2D eigenvalue weighted by Crippen LogP contribution is -2.35. The number of aromatic nitrogens is 4. The highest BCUT2D eigenvalue weighted by Gasteiger charge is 2.04. The molecular formula is C25H26N6. The van der Waals surface area contributed by atoms with E-state index in [0.717, 1.165) is 42.4 Å². The zero-order chi connectivity index (χ0) is 21.3. The van der Waals surface area contributed by atoms with Gasteiger partial charge in [0.2, 0.25) is 0 Å². The number of hydrogen-bond acceptors (Lipinski definition) is 6. The molecule has 0 aliphatic carbocycles. The van der Waals surface area contributed by atoms with Gasteiger partial charge in [0.05, 0.1) is 0 Å². The lowest BCUT2D eigenvalue weighted by atomic mass is 10.1. The van der Waals surface area contributed by atoms with E-state index in [9.17, 15) is 0 Å². The number of nitrogens with zero attached hydrogens (tertiary/aromatic N) is 4. The molecule has 1 atom stereocenters. The van der Waals surface area contributed by atoms with Crippen LogP contribution >= 0.6 is 0 Å². The summed E-state index contributed by atoms with van der Waals surface area (Å²) in [6.45, 7) is 4.73. The first kappa shape index (κ1) is 20.8. The lowest BCUT2D eigenvalue weighted by Gasteiger charge is -2.15. The Kier molecular flexibility index (Phi) is 7.05. The SMILES string of the molecule is C[C@H](CNCc1ccc(-c2ncccn2)cc1)NCc1ccc(-c2ncccn2)cc1. The molecule has 0 bridgehead atoms. The molecule has 2 aromatic carbocycles. The van der Waals surface area contributed by atoms with Crippen molar-refractivity contribution in [3.63, 3.8) is 0 Å². The molecule has 0 fully saturated rings. The molecule has 0 aliphatic rings. The van der Waals surface area contributed by atoms with Gasteiger partial charge in [-0.1, -0.05) is 48.5 Å². The maximum absolute atomic E-state index is 4.29. The zero-order valence-electron chi connectivity index (χ0n) is 17.6. The molecule has 4 aromatic rings. The Labute approximate surface area is 182 Å². The first-order chi connectivity index (χ1) is 15.3. The number of rotatable bonds is 9. The molecule has 0 saturated heterocycles. The number of benzene rings is 2. The van der Waals surface area contributed by atoms with Gasteiger partial charge in [0.15, 0.2) is 11.6 Å². The van der Waals surface area contributed by atoms with Gasteiger partial charge in [-0.2, -0.15) is 0 Å². The summed E-state index contributed by atoms with van der Waals surface area (Å²) in [6.07, 6.45) is 7.05. The van der Waals surface area contributed by atoms with Crippen LogP contribution in [0.4, 0.5) is 0 Å². The molecule has 0 spiro atoms. The smallest absolute Gasteiger partial charge is 0.159 e. The van der Waals surface area contributed by atoms with Crippen LogP contribution in [0, 0.1) is 0 Å². The summed E-state index contributed by atoms with van der Waals surface area (Å²) in [5, 5.41) is 7.08. The van der Waals surface area contributed by atoms with E-state index in [-0.39, 0.29) is 0 Å². The third-order valence-electron chi connectivity index (χ3n) is 4.99. The third kappa shape index (κ3) is 6.01. The molecule has 2 N–H and O–H groups in total. The fourth-order valence-electron chi connectivity index (χ4n) is 3.24. The van der Waals surface area contributed by atoms with Gasteiger partial charge >= 0.3 is 0 Å². The monoisotopic (exact) mass is 410 g/mol. The summed E-state index contributed by atoms with van der Waals surface area (Å²) >= 11 is 0. The van der Waals surface area contributed by atoms with E-state index in [0.29, 0.717) is 6.04 Å². The largest absolute Gasteiger partial charge is 0.311 e. The fourth-order valence-corrected chi connectivity index (χ4v) is 3.24. The van der Waals surface area contributed by atoms with Gasteiger partial charge < -0.3 is 10.6 Å². The highest BCUT2D eigenvalue weighted by molar-refractivity contribution is 5.55. The summed E-state index contributed by atoms with van der Waals surface area (Å²) < 4.78 is 0. The summed E-state index contributed by atoms with van der Waals surface area (Å²) in [6, 6.07) is 20.8. The number of nitrogens with one attached hydrogen (secondary N) is 2. The summed E-state index contributed by atoms with van der Waals surface area (Å²) in [7, 11) is 0. The quantitative estimate of drug-likeness (QED) is 0.436. The van der Waals surface area contributed by atoms with Crippen molar-refractivity contribution in [2.24, 2.45) is 0 Å². The van der Waals surface area contributed by atoms with Crippen molar-refractivity contribution in [2.75, 3.05) is 6.54 Å². The van der Waals surface area contributed by atoms with Crippen molar-refractivity contribution in [1.82, 2.24) is 30.6 Å². The minimum Gasteiger partial charge on any atom is -0.311 e. The predicted molar refractivity (Wildman–Crippen MR) is 123 cm³/mol. The second-order valence-electron chi connectivity index (χ2n) is 7.45. The van der Waals surface area contributed by atoms with Crippen molar-refractivity contribution in [3.05, 3.63) is 96.6 Å². The molecule has 2 aromatic heterocycles. The standard InChI is InChI=1S/C25H26N6/c1-19(31-18-21-6-10-23(11-7-21)25-29-14-3-15-30-25)16-26-17-20-4-8-22(9-5-20)24-27-12-2-13-28-24/h2-15,19,26,31H,16-18H2,1H3/t19-/m1/s1. The van der Waals surface area contributed by atoms with E-state index in [1.807, 2.05) is 12.1 Å². The van der Waals surface area contributed by atoms with E-state index in [4.69, 9.17) is 0 Å². The molecule has 31 heavy (non-hydrogen) atoms. The van der Waals surface area contributed by atoms with Gasteiger partial charge in [-0.3, -0.25) is 0 Å². The Morgan fingerprint density at radius 1 is 0.645 bits per heavy atom. The average molecular weight is 411 g/mol. The van der Waals surface area contributed by atoms with Crippen LogP contribution in [0.25, 0.3) is 22.8 Å². The van der Waals surface area contributed by atoms with E-state index < -0.39 is 0 Å². The second-order valence-corrected chi connectivity index (χ2v) is 7.45. The van der Waals surface area contributed by atoms with Crippen molar-refractivity contribution < 1.29 is 0 Å². The van der Waals surface area contributed by atoms with E-state index in [1.165, 1.54) is 11.1 Å². The Morgan fingerprint density at radius 3 is 1.58 bits per heavy atom. The van der Waals surface area contributed by atoms with Gasteiger partial charge in [-0.25, -0.2) is 19.9 Å². The summed E-state index contributed by atoms with van der Waals surface area (Å²) in [5.74, 6) is 1.51. The molecule has 6 heteroatoms. The van der Waals surface area contributed by atoms with Crippen LogP contribution in [-0.4, -0.2) is 32.5 Å². The first-order valence-electron chi connectivity index (χ1n) is 10.4. The molecule has 0 unspecified atom stereocenters. The molecule has 0 aliphatic heterocycles. The summed E-state index contributed by atoms with van der Waals surface area (Å²) in [5.41, 5.74) is 4.55. The second kappa shape index (κ2) is 10.5. The Hall–Kier alpha value is -3.48. The highest BCUT2D eigenvalue weighted by atomic mass is 15.0. The fraction of sp³-hybridized carbons (Fsp3) is 0.200. The molecule has 6 nitrogen and oxygen atoms in total. The maximum Gasteiger partial charge on any atom is 0.159 e. The van der Waals surface area contributed by atoms with Crippen LogP contribution in [0.15, 0.2) is 85.5 Å². The van der Waals surface area contributed by atoms with E-state index in [1.54, 1.807) is 24.8 Å². The molecule has 4 rings (SSSR count). The average Bonchev–Trinajstić information content (AvgIpc) is 2.85. The Morgan fingerprint density at radius 2 is 1.10 bits per heavy atom. The minimum absolute atomic E-state index is 0.356. The van der Waals surface area contributed by atoms with Crippen molar-refractivity contribution in [2.45, 2.75) is 26.1 Å². The van der Waals surface area contributed by atoms with Gasteiger partial charge in [0.1, 0.15) is 0 Å². The predicted octanol–water partition coefficient (Wildman–Crippen LogP) is 3.87. The molecule has 156 valence electrons. The van der Waals surface area contributed by atoms with Crippen LogP contribution in [0.2, 0.25) is 0 Å². The van der Waals surface area contributed by atoms with Crippen LogP contribution < -0.4 is 10.6 Å². The molecule has 0 amide bonds. The Balaban J connectivity index is 1.20. The topological polar surface area (TPSA) is 75.6 Å². The van der Waals surface area contributed by atoms with E-state index in [2.05, 4.69) is 86.0 Å².